The first-order valence-corrected chi connectivity index (χ1v) is 6.83. The van der Waals surface area contributed by atoms with Gasteiger partial charge < -0.3 is 10.2 Å². The molecule has 2 nitrogen and oxygen atoms in total. The van der Waals surface area contributed by atoms with Crippen molar-refractivity contribution < 1.29 is 0 Å². The Bertz CT molecular complexity index is 404. The summed E-state index contributed by atoms with van der Waals surface area (Å²) in [7, 11) is 0. The van der Waals surface area contributed by atoms with Gasteiger partial charge in [-0.15, -0.1) is 0 Å². The summed E-state index contributed by atoms with van der Waals surface area (Å²) in [4.78, 5) is 2.51. The van der Waals surface area contributed by atoms with Crippen LogP contribution in [0.5, 0.6) is 0 Å². The average molecular weight is 244 g/mol. The number of hydrogen-bond acceptors (Lipinski definition) is 2. The number of piperazine rings is 1. The number of nitrogens with one attached hydrogen (secondary N) is 1. The zero-order valence-electron chi connectivity index (χ0n) is 11.7. The lowest BCUT2D eigenvalue weighted by molar-refractivity contribution is 0.244. The molecule has 18 heavy (non-hydrogen) atoms. The first-order valence-electron chi connectivity index (χ1n) is 6.83. The van der Waals surface area contributed by atoms with Crippen molar-refractivity contribution >= 4 is 0 Å². The molecule has 1 saturated heterocycles. The van der Waals surface area contributed by atoms with Crippen LogP contribution in [0.4, 0.5) is 0 Å². The maximum Gasteiger partial charge on any atom is 0.0332 e. The van der Waals surface area contributed by atoms with Gasteiger partial charge in [0.2, 0.25) is 0 Å². The van der Waals surface area contributed by atoms with Gasteiger partial charge in [-0.3, -0.25) is 0 Å². The van der Waals surface area contributed by atoms with Crippen molar-refractivity contribution in [3.63, 3.8) is 0 Å². The third-order valence-corrected chi connectivity index (χ3v) is 3.78. The van der Waals surface area contributed by atoms with E-state index in [0.717, 1.165) is 26.1 Å². The maximum absolute atomic E-state index is 3.63. The monoisotopic (exact) mass is 244 g/mol. The lowest BCUT2D eigenvalue weighted by Crippen LogP contribution is -2.50. The van der Waals surface area contributed by atoms with Gasteiger partial charge in [-0.05, 0) is 32.8 Å². The van der Waals surface area contributed by atoms with E-state index in [1.54, 1.807) is 0 Å². The predicted octanol–water partition coefficient (Wildman–Crippen LogP) is 2.82. The average Bonchev–Trinajstić information content (AvgIpc) is 2.39. The highest BCUT2D eigenvalue weighted by Gasteiger charge is 2.19. The van der Waals surface area contributed by atoms with Gasteiger partial charge in [0.15, 0.2) is 0 Å². The molecule has 1 atom stereocenters. The second kappa shape index (κ2) is 6.05. The molecule has 1 N–H and O–H groups in total. The summed E-state index contributed by atoms with van der Waals surface area (Å²) in [6.45, 7) is 9.96. The fraction of sp³-hybridized carbons (Fsp3) is 0.500. The molecule has 0 radical (unpaired) electrons. The Morgan fingerprint density at radius 2 is 1.94 bits per heavy atom. The summed E-state index contributed by atoms with van der Waals surface area (Å²) in [6, 6.07) is 11.3. The Morgan fingerprint density at radius 1 is 1.22 bits per heavy atom. The largest absolute Gasteiger partial charge is 0.372 e. The normalized spacial score (nSPS) is 19.7. The molecule has 1 aromatic rings. The van der Waals surface area contributed by atoms with E-state index in [0.29, 0.717) is 6.04 Å². The zero-order valence-corrected chi connectivity index (χ0v) is 11.7. The summed E-state index contributed by atoms with van der Waals surface area (Å²) in [5.74, 6) is 0. The molecular weight excluding hydrogens is 220 g/mol. The number of benzene rings is 1. The topological polar surface area (TPSA) is 15.3 Å². The molecule has 0 aromatic heterocycles. The van der Waals surface area contributed by atoms with E-state index in [-0.39, 0.29) is 0 Å². The van der Waals surface area contributed by atoms with Gasteiger partial charge in [0.05, 0.1) is 0 Å². The third kappa shape index (κ3) is 3.36. The molecule has 0 aliphatic carbocycles. The summed E-state index contributed by atoms with van der Waals surface area (Å²) in [5.41, 5.74) is 4.29. The first-order chi connectivity index (χ1) is 8.66. The molecule has 1 aromatic carbocycles. The number of nitrogens with zero attached hydrogens (tertiary/aromatic N) is 1. The molecule has 2 rings (SSSR count). The molecular formula is C16H24N2. The lowest BCUT2D eigenvalue weighted by Gasteiger charge is -2.36. The van der Waals surface area contributed by atoms with Gasteiger partial charge in [-0.25, -0.2) is 0 Å². The maximum atomic E-state index is 3.63. The van der Waals surface area contributed by atoms with Crippen LogP contribution in [0.2, 0.25) is 0 Å². The second-order valence-corrected chi connectivity index (χ2v) is 5.37. The van der Waals surface area contributed by atoms with Crippen LogP contribution in [-0.4, -0.2) is 30.6 Å². The van der Waals surface area contributed by atoms with Crippen molar-refractivity contribution in [1.82, 2.24) is 10.2 Å². The van der Waals surface area contributed by atoms with Crippen molar-refractivity contribution in [3.05, 3.63) is 47.2 Å². The minimum absolute atomic E-state index is 0.565. The van der Waals surface area contributed by atoms with E-state index in [2.05, 4.69) is 61.3 Å². The highest BCUT2D eigenvalue weighted by Crippen LogP contribution is 2.14. The summed E-state index contributed by atoms with van der Waals surface area (Å²) in [5, 5.41) is 3.63. The molecule has 0 amide bonds. The minimum atomic E-state index is 0.565. The van der Waals surface area contributed by atoms with Gasteiger partial charge in [0.1, 0.15) is 0 Å². The molecule has 0 saturated carbocycles. The number of rotatable bonds is 3. The highest BCUT2D eigenvalue weighted by atomic mass is 15.2. The van der Waals surface area contributed by atoms with Crippen LogP contribution in [0.1, 0.15) is 26.3 Å². The molecule has 1 aliphatic heterocycles. The van der Waals surface area contributed by atoms with Crippen molar-refractivity contribution in [2.24, 2.45) is 0 Å². The van der Waals surface area contributed by atoms with Crippen molar-refractivity contribution in [1.29, 1.82) is 0 Å². The van der Waals surface area contributed by atoms with Crippen LogP contribution in [0.25, 0.3) is 0 Å². The molecule has 1 heterocycles. The highest BCUT2D eigenvalue weighted by molar-refractivity contribution is 5.17. The SMILES string of the molecule is CC(C)=C(C)N1CCN[C@@H](Cc2ccccc2)C1. The second-order valence-electron chi connectivity index (χ2n) is 5.37. The molecule has 1 aliphatic rings. The van der Waals surface area contributed by atoms with Gasteiger partial charge >= 0.3 is 0 Å². The van der Waals surface area contributed by atoms with Gasteiger partial charge in [-0.1, -0.05) is 35.9 Å². The fourth-order valence-electron chi connectivity index (χ4n) is 2.48. The predicted molar refractivity (Wildman–Crippen MR) is 77.6 cm³/mol. The van der Waals surface area contributed by atoms with E-state index < -0.39 is 0 Å². The van der Waals surface area contributed by atoms with Crippen LogP contribution in [-0.2, 0) is 6.42 Å². The van der Waals surface area contributed by atoms with Crippen molar-refractivity contribution in [3.8, 4) is 0 Å². The quantitative estimate of drug-likeness (QED) is 0.879. The molecule has 0 unspecified atom stereocenters. The molecule has 0 spiro atoms. The van der Waals surface area contributed by atoms with Crippen LogP contribution >= 0.6 is 0 Å². The van der Waals surface area contributed by atoms with Crippen LogP contribution < -0.4 is 5.32 Å². The summed E-state index contributed by atoms with van der Waals surface area (Å²) in [6.07, 6.45) is 1.12. The van der Waals surface area contributed by atoms with E-state index in [1.807, 2.05) is 0 Å². The summed E-state index contributed by atoms with van der Waals surface area (Å²) < 4.78 is 0. The van der Waals surface area contributed by atoms with Gasteiger partial charge in [0.25, 0.3) is 0 Å². The smallest absolute Gasteiger partial charge is 0.0332 e. The Labute approximate surface area is 111 Å². The van der Waals surface area contributed by atoms with E-state index in [1.165, 1.54) is 16.8 Å². The lowest BCUT2D eigenvalue weighted by atomic mass is 10.0. The zero-order chi connectivity index (χ0) is 13.0. The van der Waals surface area contributed by atoms with Crippen LogP contribution in [0.3, 0.4) is 0 Å². The Kier molecular flexibility index (Phi) is 4.43. The molecule has 0 bridgehead atoms. The van der Waals surface area contributed by atoms with E-state index in [9.17, 15) is 0 Å². The Hall–Kier alpha value is -1.28. The number of hydrogen-bond donors (Lipinski definition) is 1. The Morgan fingerprint density at radius 3 is 2.61 bits per heavy atom. The van der Waals surface area contributed by atoms with Crippen molar-refractivity contribution in [2.45, 2.75) is 33.2 Å². The van der Waals surface area contributed by atoms with Crippen LogP contribution in [0, 0.1) is 0 Å². The summed E-state index contributed by atoms with van der Waals surface area (Å²) >= 11 is 0. The third-order valence-electron chi connectivity index (χ3n) is 3.78. The Balaban J connectivity index is 1.97. The standard InChI is InChI=1S/C16H24N2/c1-13(2)14(3)18-10-9-17-16(12-18)11-15-7-5-4-6-8-15/h4-8,16-17H,9-12H2,1-3H3/t16-/m0/s1. The van der Waals surface area contributed by atoms with Crippen LogP contribution in [0.15, 0.2) is 41.6 Å². The number of allylic oxidation sites excluding steroid dienone is 2. The van der Waals surface area contributed by atoms with Crippen molar-refractivity contribution in [2.75, 3.05) is 19.6 Å². The molecule has 2 heteroatoms. The van der Waals surface area contributed by atoms with E-state index in [4.69, 9.17) is 0 Å². The molecule has 98 valence electrons. The molecule has 1 fully saturated rings. The van der Waals surface area contributed by atoms with Gasteiger partial charge in [0, 0.05) is 31.4 Å². The fourth-order valence-corrected chi connectivity index (χ4v) is 2.48. The minimum Gasteiger partial charge on any atom is -0.372 e. The van der Waals surface area contributed by atoms with E-state index >= 15 is 0 Å². The van der Waals surface area contributed by atoms with Gasteiger partial charge in [-0.2, -0.15) is 0 Å². The first kappa shape index (κ1) is 13.2.